The van der Waals surface area contributed by atoms with Crippen LogP contribution in [0, 0.1) is 3.57 Å². The summed E-state index contributed by atoms with van der Waals surface area (Å²) in [6.45, 7) is 0. The van der Waals surface area contributed by atoms with Crippen molar-refractivity contribution in [2.75, 3.05) is 5.32 Å². The van der Waals surface area contributed by atoms with E-state index < -0.39 is 0 Å². The molecule has 4 rings (SSSR count). The summed E-state index contributed by atoms with van der Waals surface area (Å²) in [6.07, 6.45) is 0. The number of rotatable bonds is 3. The summed E-state index contributed by atoms with van der Waals surface area (Å²) in [4.78, 5) is 17.4. The molecular formula is C20H12ClIN2OS. The smallest absolute Gasteiger partial charge is 0.257 e. The molecule has 0 unspecified atom stereocenters. The molecule has 0 saturated heterocycles. The van der Waals surface area contributed by atoms with E-state index in [1.54, 1.807) is 23.5 Å². The van der Waals surface area contributed by atoms with Crippen molar-refractivity contribution in [1.29, 1.82) is 0 Å². The lowest BCUT2D eigenvalue weighted by atomic mass is 10.1. The Bertz CT molecular complexity index is 1090. The quantitative estimate of drug-likeness (QED) is 0.334. The van der Waals surface area contributed by atoms with Gasteiger partial charge in [0.1, 0.15) is 5.01 Å². The summed E-state index contributed by atoms with van der Waals surface area (Å²) in [5.41, 5.74) is 3.02. The van der Waals surface area contributed by atoms with Gasteiger partial charge in [0, 0.05) is 9.13 Å². The predicted molar refractivity (Wildman–Crippen MR) is 117 cm³/mol. The summed E-state index contributed by atoms with van der Waals surface area (Å²) >= 11 is 9.96. The molecule has 26 heavy (non-hydrogen) atoms. The van der Waals surface area contributed by atoms with Gasteiger partial charge in [0.15, 0.2) is 0 Å². The van der Waals surface area contributed by atoms with Gasteiger partial charge >= 0.3 is 0 Å². The van der Waals surface area contributed by atoms with Crippen LogP contribution < -0.4 is 5.32 Å². The zero-order chi connectivity index (χ0) is 18.1. The third-order valence-electron chi connectivity index (χ3n) is 3.87. The number of carbonyl (C=O) groups excluding carboxylic acids is 1. The Morgan fingerprint density at radius 3 is 2.65 bits per heavy atom. The maximum atomic E-state index is 12.7. The minimum atomic E-state index is -0.234. The lowest BCUT2D eigenvalue weighted by molar-refractivity contribution is 0.102. The number of nitrogens with one attached hydrogen (secondary N) is 1. The van der Waals surface area contributed by atoms with Gasteiger partial charge in [-0.3, -0.25) is 4.79 Å². The first-order valence-corrected chi connectivity index (χ1v) is 10.1. The maximum absolute atomic E-state index is 12.7. The van der Waals surface area contributed by atoms with Gasteiger partial charge in [-0.25, -0.2) is 4.98 Å². The van der Waals surface area contributed by atoms with E-state index in [0.717, 1.165) is 24.4 Å². The lowest BCUT2D eigenvalue weighted by Gasteiger charge is -2.10. The second-order valence-corrected chi connectivity index (χ2v) is 8.29. The molecule has 0 spiro atoms. The van der Waals surface area contributed by atoms with E-state index in [2.05, 4.69) is 27.9 Å². The molecule has 0 bridgehead atoms. The van der Waals surface area contributed by atoms with Crippen molar-refractivity contribution in [1.82, 2.24) is 4.98 Å². The van der Waals surface area contributed by atoms with Crippen LogP contribution in [0.1, 0.15) is 10.4 Å². The van der Waals surface area contributed by atoms with E-state index in [1.165, 1.54) is 0 Å². The number of hydrogen-bond acceptors (Lipinski definition) is 3. The van der Waals surface area contributed by atoms with Crippen LogP contribution >= 0.6 is 45.5 Å². The largest absolute Gasteiger partial charge is 0.321 e. The van der Waals surface area contributed by atoms with Crippen LogP contribution in [-0.2, 0) is 0 Å². The molecule has 128 valence electrons. The summed E-state index contributed by atoms with van der Waals surface area (Å²) in [5, 5.41) is 4.28. The van der Waals surface area contributed by atoms with E-state index >= 15 is 0 Å². The van der Waals surface area contributed by atoms with Crippen molar-refractivity contribution < 1.29 is 4.79 Å². The molecule has 1 N–H and O–H groups in total. The minimum Gasteiger partial charge on any atom is -0.321 e. The zero-order valence-corrected chi connectivity index (χ0v) is 17.1. The second-order valence-electron chi connectivity index (χ2n) is 5.61. The van der Waals surface area contributed by atoms with Gasteiger partial charge in [0.25, 0.3) is 5.91 Å². The highest BCUT2D eigenvalue weighted by Crippen LogP contribution is 2.34. The topological polar surface area (TPSA) is 42.0 Å². The Kier molecular flexibility index (Phi) is 4.93. The monoisotopic (exact) mass is 490 g/mol. The lowest BCUT2D eigenvalue weighted by Crippen LogP contribution is -2.13. The number of aromatic nitrogens is 1. The van der Waals surface area contributed by atoms with Gasteiger partial charge in [0.2, 0.25) is 0 Å². The molecule has 0 aliphatic heterocycles. The average molecular weight is 491 g/mol. The molecule has 0 saturated carbocycles. The second kappa shape index (κ2) is 7.34. The third-order valence-corrected chi connectivity index (χ3v) is 5.94. The fourth-order valence-electron chi connectivity index (χ4n) is 2.63. The minimum absolute atomic E-state index is 0.234. The number of thiazole rings is 1. The summed E-state index contributed by atoms with van der Waals surface area (Å²) in [6, 6.07) is 21.1. The van der Waals surface area contributed by atoms with E-state index in [4.69, 9.17) is 16.6 Å². The fourth-order valence-corrected chi connectivity index (χ4v) is 4.33. The van der Waals surface area contributed by atoms with Crippen molar-refractivity contribution in [3.63, 3.8) is 0 Å². The first kappa shape index (κ1) is 17.5. The van der Waals surface area contributed by atoms with Crippen LogP contribution in [0.5, 0.6) is 0 Å². The van der Waals surface area contributed by atoms with Gasteiger partial charge in [-0.2, -0.15) is 0 Å². The number of benzene rings is 3. The highest BCUT2D eigenvalue weighted by atomic mass is 127. The number of halogens is 2. The van der Waals surface area contributed by atoms with Crippen molar-refractivity contribution in [3.8, 4) is 10.6 Å². The van der Waals surface area contributed by atoms with Crippen molar-refractivity contribution in [2.24, 2.45) is 0 Å². The summed E-state index contributed by atoms with van der Waals surface area (Å²) < 4.78 is 2.07. The number of nitrogens with zero attached hydrogens (tertiary/aromatic N) is 1. The number of para-hydroxylation sites is 2. The van der Waals surface area contributed by atoms with Gasteiger partial charge in [-0.05, 0) is 65.1 Å². The van der Waals surface area contributed by atoms with Gasteiger partial charge in [-0.1, -0.05) is 35.9 Å². The Morgan fingerprint density at radius 2 is 1.81 bits per heavy atom. The maximum Gasteiger partial charge on any atom is 0.257 e. The van der Waals surface area contributed by atoms with Crippen molar-refractivity contribution in [3.05, 3.63) is 80.9 Å². The summed E-state index contributed by atoms with van der Waals surface area (Å²) in [5.74, 6) is -0.234. The highest BCUT2D eigenvalue weighted by molar-refractivity contribution is 14.1. The number of anilines is 1. The van der Waals surface area contributed by atoms with Gasteiger partial charge < -0.3 is 5.32 Å². The molecule has 4 aromatic rings. The Morgan fingerprint density at radius 1 is 1.04 bits per heavy atom. The fraction of sp³-hybridized carbons (Fsp3) is 0. The SMILES string of the molecule is O=C(Nc1ccccc1-c1nc2ccccc2s1)c1cc(I)ccc1Cl. The van der Waals surface area contributed by atoms with Crippen LogP contribution in [0.15, 0.2) is 66.7 Å². The first-order valence-electron chi connectivity index (χ1n) is 7.83. The number of hydrogen-bond donors (Lipinski definition) is 1. The Labute approximate surface area is 173 Å². The Hall–Kier alpha value is -1.96. The van der Waals surface area contributed by atoms with Gasteiger partial charge in [-0.15, -0.1) is 11.3 Å². The van der Waals surface area contributed by atoms with E-state index in [0.29, 0.717) is 16.3 Å². The molecule has 0 radical (unpaired) electrons. The zero-order valence-electron chi connectivity index (χ0n) is 13.4. The predicted octanol–water partition coefficient (Wildman–Crippen LogP) is 6.47. The summed E-state index contributed by atoms with van der Waals surface area (Å²) in [7, 11) is 0. The van der Waals surface area contributed by atoms with Crippen LogP contribution in [0.3, 0.4) is 0 Å². The highest BCUT2D eigenvalue weighted by Gasteiger charge is 2.15. The normalized spacial score (nSPS) is 10.8. The van der Waals surface area contributed by atoms with Crippen LogP contribution in [-0.4, -0.2) is 10.9 Å². The standard InChI is InChI=1S/C20H12ClIN2OS/c21-15-10-9-12(22)11-14(15)19(25)23-16-6-2-1-5-13(16)20-24-17-7-3-4-8-18(17)26-20/h1-11H,(H,23,25). The molecule has 0 atom stereocenters. The van der Waals surface area contributed by atoms with Crippen molar-refractivity contribution >= 4 is 67.3 Å². The molecule has 0 aliphatic carbocycles. The van der Waals surface area contributed by atoms with E-state index in [1.807, 2.05) is 54.6 Å². The molecule has 0 aliphatic rings. The number of fused-ring (bicyclic) bond motifs is 1. The third kappa shape index (κ3) is 3.47. The molecule has 1 aromatic heterocycles. The van der Waals surface area contributed by atoms with Gasteiger partial charge in [0.05, 0.1) is 26.5 Å². The number of amides is 1. The average Bonchev–Trinajstić information content (AvgIpc) is 3.08. The molecule has 6 heteroatoms. The molecule has 1 amide bonds. The van der Waals surface area contributed by atoms with E-state index in [-0.39, 0.29) is 5.91 Å². The van der Waals surface area contributed by atoms with Crippen molar-refractivity contribution in [2.45, 2.75) is 0 Å². The molecule has 3 aromatic carbocycles. The first-order chi connectivity index (χ1) is 12.6. The molecule has 3 nitrogen and oxygen atoms in total. The van der Waals surface area contributed by atoms with Crippen LogP contribution in [0.4, 0.5) is 5.69 Å². The van der Waals surface area contributed by atoms with Crippen LogP contribution in [0.25, 0.3) is 20.8 Å². The molecule has 0 fully saturated rings. The molecular weight excluding hydrogens is 479 g/mol. The Balaban J connectivity index is 1.72. The number of carbonyl (C=O) groups is 1. The molecule has 1 heterocycles. The van der Waals surface area contributed by atoms with E-state index in [9.17, 15) is 4.79 Å². The van der Waals surface area contributed by atoms with Crippen LogP contribution in [0.2, 0.25) is 5.02 Å².